The van der Waals surface area contributed by atoms with Gasteiger partial charge in [-0.15, -0.1) is 11.3 Å². The summed E-state index contributed by atoms with van der Waals surface area (Å²) in [7, 11) is 1.69. The van der Waals surface area contributed by atoms with Crippen LogP contribution in [0.1, 0.15) is 17.7 Å². The highest BCUT2D eigenvalue weighted by molar-refractivity contribution is 9.10. The maximum atomic E-state index is 5.55. The second-order valence-electron chi connectivity index (χ2n) is 3.82. The molecule has 1 saturated heterocycles. The maximum absolute atomic E-state index is 5.55. The topological polar surface area (TPSA) is 30.5 Å². The van der Waals surface area contributed by atoms with Crippen LogP contribution in [-0.4, -0.2) is 26.4 Å². The Kier molecular flexibility index (Phi) is 4.64. The molecule has 1 aromatic rings. The Balaban J connectivity index is 1.75. The zero-order chi connectivity index (χ0) is 11.4. The standard InChI is InChI=1S/C11H16BrNO2S/c1-14-11-10(12)5-9(16-11)7-13-6-8-3-2-4-15-8/h5,8,13H,2-4,6-7H2,1H3. The van der Waals surface area contributed by atoms with E-state index >= 15 is 0 Å². The van der Waals surface area contributed by atoms with Crippen molar-refractivity contribution in [3.63, 3.8) is 0 Å². The Morgan fingerprint density at radius 2 is 2.56 bits per heavy atom. The highest BCUT2D eigenvalue weighted by Gasteiger charge is 2.14. The van der Waals surface area contributed by atoms with Crippen LogP contribution in [0.4, 0.5) is 0 Å². The summed E-state index contributed by atoms with van der Waals surface area (Å²) < 4.78 is 11.8. The fourth-order valence-electron chi connectivity index (χ4n) is 1.79. The van der Waals surface area contributed by atoms with Gasteiger partial charge in [0.1, 0.15) is 0 Å². The van der Waals surface area contributed by atoms with Crippen LogP contribution in [0.2, 0.25) is 0 Å². The summed E-state index contributed by atoms with van der Waals surface area (Å²) >= 11 is 5.14. The van der Waals surface area contributed by atoms with Crippen molar-refractivity contribution in [2.75, 3.05) is 20.3 Å². The monoisotopic (exact) mass is 305 g/mol. The van der Waals surface area contributed by atoms with Crippen molar-refractivity contribution >= 4 is 27.3 Å². The van der Waals surface area contributed by atoms with Crippen molar-refractivity contribution in [3.05, 3.63) is 15.4 Å². The third-order valence-electron chi connectivity index (χ3n) is 2.59. The third kappa shape index (κ3) is 3.20. The van der Waals surface area contributed by atoms with E-state index in [1.54, 1.807) is 18.4 Å². The molecule has 0 aliphatic carbocycles. The number of rotatable bonds is 5. The van der Waals surface area contributed by atoms with Crippen LogP contribution in [0.25, 0.3) is 0 Å². The van der Waals surface area contributed by atoms with E-state index in [2.05, 4.69) is 27.3 Å². The number of hydrogen-bond donors (Lipinski definition) is 1. The van der Waals surface area contributed by atoms with Crippen LogP contribution in [0.15, 0.2) is 10.5 Å². The van der Waals surface area contributed by atoms with E-state index in [1.807, 2.05) is 0 Å². The van der Waals surface area contributed by atoms with Crippen molar-refractivity contribution in [2.45, 2.75) is 25.5 Å². The van der Waals surface area contributed by atoms with Gasteiger partial charge < -0.3 is 14.8 Å². The summed E-state index contributed by atoms with van der Waals surface area (Å²) in [4.78, 5) is 1.28. The Labute approximate surface area is 108 Å². The van der Waals surface area contributed by atoms with Crippen LogP contribution < -0.4 is 10.1 Å². The van der Waals surface area contributed by atoms with Crippen molar-refractivity contribution < 1.29 is 9.47 Å². The Morgan fingerprint density at radius 3 is 3.19 bits per heavy atom. The largest absolute Gasteiger partial charge is 0.486 e. The van der Waals surface area contributed by atoms with Crippen LogP contribution in [0, 0.1) is 0 Å². The Hall–Kier alpha value is -0.100. The van der Waals surface area contributed by atoms with E-state index in [4.69, 9.17) is 9.47 Å². The quantitative estimate of drug-likeness (QED) is 0.907. The van der Waals surface area contributed by atoms with Gasteiger partial charge in [0, 0.05) is 24.6 Å². The Bertz CT molecular complexity index is 337. The summed E-state index contributed by atoms with van der Waals surface area (Å²) in [6.45, 7) is 2.75. The highest BCUT2D eigenvalue weighted by Crippen LogP contribution is 2.34. The van der Waals surface area contributed by atoms with Crippen molar-refractivity contribution in [1.29, 1.82) is 0 Å². The number of methoxy groups -OCH3 is 1. The molecule has 1 fully saturated rings. The lowest BCUT2D eigenvalue weighted by Crippen LogP contribution is -2.25. The average molecular weight is 306 g/mol. The fourth-order valence-corrected chi connectivity index (χ4v) is 3.45. The molecule has 0 amide bonds. The van der Waals surface area contributed by atoms with Gasteiger partial charge in [0.25, 0.3) is 0 Å². The lowest BCUT2D eigenvalue weighted by Gasteiger charge is -2.09. The van der Waals surface area contributed by atoms with Crippen LogP contribution in [-0.2, 0) is 11.3 Å². The molecule has 1 atom stereocenters. The number of halogens is 1. The number of nitrogens with one attached hydrogen (secondary N) is 1. The van der Waals surface area contributed by atoms with Gasteiger partial charge in [0.2, 0.25) is 0 Å². The van der Waals surface area contributed by atoms with Gasteiger partial charge in [-0.1, -0.05) is 0 Å². The number of ether oxygens (including phenoxy) is 2. The minimum absolute atomic E-state index is 0.408. The van der Waals surface area contributed by atoms with E-state index in [0.717, 1.165) is 29.2 Å². The molecule has 0 bridgehead atoms. The van der Waals surface area contributed by atoms with E-state index in [-0.39, 0.29) is 0 Å². The second kappa shape index (κ2) is 6.00. The normalized spacial score (nSPS) is 20.2. The molecule has 1 aromatic heterocycles. The molecule has 5 heteroatoms. The van der Waals surface area contributed by atoms with Crippen LogP contribution >= 0.6 is 27.3 Å². The average Bonchev–Trinajstić information content (AvgIpc) is 2.88. The molecule has 0 saturated carbocycles. The molecule has 0 radical (unpaired) electrons. The molecule has 2 heterocycles. The minimum atomic E-state index is 0.408. The van der Waals surface area contributed by atoms with Gasteiger partial charge in [-0.3, -0.25) is 0 Å². The number of hydrogen-bond acceptors (Lipinski definition) is 4. The summed E-state index contributed by atoms with van der Waals surface area (Å²) in [6, 6.07) is 2.10. The SMILES string of the molecule is COc1sc(CNCC2CCCO2)cc1Br. The van der Waals surface area contributed by atoms with Gasteiger partial charge >= 0.3 is 0 Å². The summed E-state index contributed by atoms with van der Waals surface area (Å²) in [5.74, 6) is 0. The molecule has 0 aromatic carbocycles. The molecule has 1 unspecified atom stereocenters. The fraction of sp³-hybridized carbons (Fsp3) is 0.636. The minimum Gasteiger partial charge on any atom is -0.486 e. The Morgan fingerprint density at radius 1 is 1.69 bits per heavy atom. The molecule has 90 valence electrons. The van der Waals surface area contributed by atoms with Crippen molar-refractivity contribution in [1.82, 2.24) is 5.32 Å². The van der Waals surface area contributed by atoms with E-state index in [0.29, 0.717) is 6.10 Å². The zero-order valence-corrected chi connectivity index (χ0v) is 11.7. The van der Waals surface area contributed by atoms with Gasteiger partial charge in [-0.25, -0.2) is 0 Å². The molecule has 2 rings (SSSR count). The first kappa shape index (κ1) is 12.4. The summed E-state index contributed by atoms with van der Waals surface area (Å²) in [5, 5.41) is 4.36. The van der Waals surface area contributed by atoms with E-state index in [1.165, 1.54) is 17.7 Å². The van der Waals surface area contributed by atoms with Gasteiger partial charge in [-0.2, -0.15) is 0 Å². The van der Waals surface area contributed by atoms with Crippen molar-refractivity contribution in [2.24, 2.45) is 0 Å². The molecule has 16 heavy (non-hydrogen) atoms. The first-order chi connectivity index (χ1) is 7.79. The van der Waals surface area contributed by atoms with Gasteiger partial charge in [-0.05, 0) is 34.8 Å². The molecule has 1 aliphatic rings. The lowest BCUT2D eigenvalue weighted by atomic mass is 10.2. The molecule has 1 N–H and O–H groups in total. The van der Waals surface area contributed by atoms with E-state index in [9.17, 15) is 0 Å². The van der Waals surface area contributed by atoms with Crippen LogP contribution in [0.3, 0.4) is 0 Å². The highest BCUT2D eigenvalue weighted by atomic mass is 79.9. The predicted molar refractivity (Wildman–Crippen MR) is 69.3 cm³/mol. The molecular weight excluding hydrogens is 290 g/mol. The van der Waals surface area contributed by atoms with Crippen LogP contribution in [0.5, 0.6) is 5.06 Å². The summed E-state index contributed by atoms with van der Waals surface area (Å²) in [5.41, 5.74) is 0. The van der Waals surface area contributed by atoms with Crippen molar-refractivity contribution in [3.8, 4) is 5.06 Å². The molecule has 0 spiro atoms. The molecule has 3 nitrogen and oxygen atoms in total. The first-order valence-corrected chi connectivity index (χ1v) is 7.05. The predicted octanol–water partition coefficient (Wildman–Crippen LogP) is 2.79. The smallest absolute Gasteiger partial charge is 0.188 e. The van der Waals surface area contributed by atoms with Gasteiger partial charge in [0.15, 0.2) is 5.06 Å². The molecular formula is C11H16BrNO2S. The second-order valence-corrected chi connectivity index (χ2v) is 5.77. The van der Waals surface area contributed by atoms with E-state index < -0.39 is 0 Å². The lowest BCUT2D eigenvalue weighted by molar-refractivity contribution is 0.110. The zero-order valence-electron chi connectivity index (χ0n) is 9.29. The van der Waals surface area contributed by atoms with Gasteiger partial charge in [0.05, 0.1) is 17.7 Å². The third-order valence-corrected chi connectivity index (χ3v) is 4.53. The summed E-state index contributed by atoms with van der Waals surface area (Å²) in [6.07, 6.45) is 2.79. The maximum Gasteiger partial charge on any atom is 0.188 e. The number of thiophene rings is 1. The first-order valence-electron chi connectivity index (χ1n) is 5.44. The molecule has 1 aliphatic heterocycles.